The summed E-state index contributed by atoms with van der Waals surface area (Å²) in [6.45, 7) is 1.29. The van der Waals surface area contributed by atoms with Gasteiger partial charge in [-0.3, -0.25) is 14.4 Å². The molecule has 9 nitrogen and oxygen atoms in total. The van der Waals surface area contributed by atoms with Gasteiger partial charge >= 0.3 is 0 Å². The molecule has 3 heterocycles. The van der Waals surface area contributed by atoms with E-state index in [9.17, 15) is 27.6 Å². The molecule has 1 saturated heterocycles. The number of rotatable bonds is 7. The first-order valence-corrected chi connectivity index (χ1v) is 14.8. The number of fused-ring (bicyclic) bond motifs is 4. The van der Waals surface area contributed by atoms with Gasteiger partial charge in [0.2, 0.25) is 5.43 Å². The summed E-state index contributed by atoms with van der Waals surface area (Å²) in [7, 11) is 1.50. The van der Waals surface area contributed by atoms with Crippen molar-refractivity contribution in [2.24, 2.45) is 0 Å². The van der Waals surface area contributed by atoms with Crippen molar-refractivity contribution in [3.05, 3.63) is 98.7 Å². The van der Waals surface area contributed by atoms with E-state index in [-0.39, 0.29) is 30.6 Å². The number of hydrogen-bond donors (Lipinski definition) is 1. The molecule has 2 bridgehead atoms. The Morgan fingerprint density at radius 2 is 1.86 bits per heavy atom. The predicted molar refractivity (Wildman–Crippen MR) is 152 cm³/mol. The number of aromatic nitrogens is 1. The molecule has 3 atom stereocenters. The van der Waals surface area contributed by atoms with Gasteiger partial charge in [0.1, 0.15) is 29.6 Å². The zero-order chi connectivity index (χ0) is 30.7. The molecule has 0 saturated carbocycles. The summed E-state index contributed by atoms with van der Waals surface area (Å²) in [4.78, 5) is 42.7. The van der Waals surface area contributed by atoms with Crippen LogP contribution in [0.1, 0.15) is 51.5 Å². The zero-order valence-electron chi connectivity index (χ0n) is 23.5. The molecule has 2 aliphatic rings. The third-order valence-corrected chi connectivity index (χ3v) is 8.39. The van der Waals surface area contributed by atoms with Crippen LogP contribution < -0.4 is 15.5 Å². The maximum Gasteiger partial charge on any atom is 0.274 e. The van der Waals surface area contributed by atoms with Crippen molar-refractivity contribution < 1.29 is 37.0 Å². The van der Waals surface area contributed by atoms with Crippen molar-refractivity contribution in [1.82, 2.24) is 14.8 Å². The molecule has 1 aromatic heterocycles. The van der Waals surface area contributed by atoms with Crippen LogP contribution in [0.2, 0.25) is 0 Å². The number of benzene rings is 2. The molecule has 0 aliphatic carbocycles. The first kappa shape index (κ1) is 30.6. The molecular weight excluding hydrogens is 587 g/mol. The van der Waals surface area contributed by atoms with Gasteiger partial charge in [-0.15, -0.1) is 0 Å². The number of carbonyl (C=O) groups is 2. The summed E-state index contributed by atoms with van der Waals surface area (Å²) in [6.07, 6.45) is 0.384. The highest BCUT2D eigenvalue weighted by molar-refractivity contribution is 7.99. The smallest absolute Gasteiger partial charge is 0.274 e. The normalized spacial score (nSPS) is 20.3. The Balaban J connectivity index is 1.58. The van der Waals surface area contributed by atoms with Gasteiger partial charge in [-0.25, -0.2) is 13.2 Å². The topological polar surface area (TPSA) is 99.1 Å². The minimum absolute atomic E-state index is 0.0775. The summed E-state index contributed by atoms with van der Waals surface area (Å²) in [5.41, 5.74) is -1.27. The van der Waals surface area contributed by atoms with Crippen LogP contribution in [0.25, 0.3) is 0 Å². The highest BCUT2D eigenvalue weighted by atomic mass is 32.2. The minimum atomic E-state index is -1.19. The van der Waals surface area contributed by atoms with Crippen molar-refractivity contribution in [2.75, 3.05) is 25.2 Å². The highest BCUT2D eigenvalue weighted by Gasteiger charge is 2.40. The van der Waals surface area contributed by atoms with Crippen LogP contribution in [0.3, 0.4) is 0 Å². The Labute approximate surface area is 249 Å². The predicted octanol–water partition coefficient (Wildman–Crippen LogP) is 4.24. The van der Waals surface area contributed by atoms with Crippen LogP contribution in [0, 0.1) is 17.5 Å². The molecule has 0 unspecified atom stereocenters. The van der Waals surface area contributed by atoms with Crippen LogP contribution >= 0.6 is 11.8 Å². The Bertz CT molecular complexity index is 1550. The van der Waals surface area contributed by atoms with Crippen LogP contribution in [0.4, 0.5) is 13.2 Å². The first-order valence-electron chi connectivity index (χ1n) is 13.6. The average molecular weight is 618 g/mol. The third kappa shape index (κ3) is 6.58. The number of nitrogens with one attached hydrogen (secondary N) is 1. The summed E-state index contributed by atoms with van der Waals surface area (Å²) < 4.78 is 60.9. The zero-order valence-corrected chi connectivity index (χ0v) is 24.3. The second-order valence-corrected chi connectivity index (χ2v) is 11.3. The van der Waals surface area contributed by atoms with E-state index in [4.69, 9.17) is 14.2 Å². The number of carbonyl (C=O) groups excluding carboxylic acids is 2. The fraction of sp³-hybridized carbons (Fsp3) is 0.367. The molecule has 2 aromatic carbocycles. The Kier molecular flexibility index (Phi) is 9.43. The van der Waals surface area contributed by atoms with Crippen LogP contribution in [0.15, 0.2) is 53.5 Å². The van der Waals surface area contributed by atoms with Gasteiger partial charge in [0.15, 0.2) is 24.0 Å². The lowest BCUT2D eigenvalue weighted by molar-refractivity contribution is -0.173. The third-order valence-electron chi connectivity index (χ3n) is 7.36. The number of amides is 2. The Morgan fingerprint density at radius 1 is 1.14 bits per heavy atom. The van der Waals surface area contributed by atoms with E-state index in [1.165, 1.54) is 17.9 Å². The molecule has 13 heteroatoms. The molecule has 43 heavy (non-hydrogen) atoms. The van der Waals surface area contributed by atoms with Crippen molar-refractivity contribution in [3.8, 4) is 5.75 Å². The van der Waals surface area contributed by atoms with Crippen molar-refractivity contribution in [2.45, 2.75) is 45.1 Å². The van der Waals surface area contributed by atoms with E-state index in [1.807, 2.05) is 13.0 Å². The maximum atomic E-state index is 14.2. The minimum Gasteiger partial charge on any atom is -0.483 e. The van der Waals surface area contributed by atoms with Crippen LogP contribution in [0.5, 0.6) is 5.75 Å². The molecule has 0 radical (unpaired) electrons. The molecule has 2 aliphatic heterocycles. The van der Waals surface area contributed by atoms with E-state index < -0.39 is 64.9 Å². The number of ether oxygens (including phenoxy) is 3. The van der Waals surface area contributed by atoms with E-state index in [0.717, 1.165) is 5.75 Å². The molecule has 5 rings (SSSR count). The van der Waals surface area contributed by atoms with Gasteiger partial charge in [0.25, 0.3) is 11.8 Å². The summed E-state index contributed by atoms with van der Waals surface area (Å²) in [5, 5.41) is 2.33. The summed E-state index contributed by atoms with van der Waals surface area (Å²) in [6, 6.07) is 9.76. The maximum absolute atomic E-state index is 14.2. The standard InChI is InChI=1S/C30H30F3N3O6S/c1-17-8-9-43-16-25(40-2)42-24-14-35(17)30(39)26-28(41-15-18-6-4-3-5-7-18)27(37)21(13-36(24)26)29(38)34-12-20-22(32)10-19(31)11-23(20)33/h3-7,10-11,13,17,24-25H,8-9,12,14-16H2,1-2H3,(H,34,38)/t17-,24-,25-/m0/s1. The lowest BCUT2D eigenvalue weighted by atomic mass is 10.1. The second kappa shape index (κ2) is 13.2. The number of nitrogens with zero attached hydrogens (tertiary/aromatic N) is 2. The van der Waals surface area contributed by atoms with E-state index in [2.05, 4.69) is 5.32 Å². The molecule has 2 amide bonds. The molecule has 1 N–H and O–H groups in total. The average Bonchev–Trinajstić information content (AvgIpc) is 2.98. The van der Waals surface area contributed by atoms with Gasteiger partial charge in [-0.05, 0) is 24.7 Å². The number of thioether (sulfide) groups is 1. The van der Waals surface area contributed by atoms with Crippen molar-refractivity contribution >= 4 is 23.6 Å². The van der Waals surface area contributed by atoms with Crippen molar-refractivity contribution in [1.29, 1.82) is 0 Å². The van der Waals surface area contributed by atoms with Gasteiger partial charge < -0.3 is 29.0 Å². The molecule has 0 spiro atoms. The summed E-state index contributed by atoms with van der Waals surface area (Å²) in [5.74, 6) is -4.00. The second-order valence-electron chi connectivity index (χ2n) is 10.2. The van der Waals surface area contributed by atoms with Gasteiger partial charge in [-0.2, -0.15) is 11.8 Å². The fourth-order valence-corrected chi connectivity index (χ4v) is 6.05. The van der Waals surface area contributed by atoms with Gasteiger partial charge in [0.05, 0.1) is 6.54 Å². The lowest BCUT2D eigenvalue weighted by Gasteiger charge is -2.41. The van der Waals surface area contributed by atoms with Crippen LogP contribution in [-0.2, 0) is 22.6 Å². The summed E-state index contributed by atoms with van der Waals surface area (Å²) >= 11 is 1.62. The van der Waals surface area contributed by atoms with Crippen LogP contribution in [-0.4, -0.2) is 58.8 Å². The Morgan fingerprint density at radius 3 is 2.56 bits per heavy atom. The monoisotopic (exact) mass is 617 g/mol. The lowest BCUT2D eigenvalue weighted by Crippen LogP contribution is -2.51. The van der Waals surface area contributed by atoms with E-state index >= 15 is 0 Å². The largest absolute Gasteiger partial charge is 0.483 e. The van der Waals surface area contributed by atoms with E-state index in [0.29, 0.717) is 29.9 Å². The quantitative estimate of drug-likeness (QED) is 0.424. The molecular formula is C30H30F3N3O6S. The first-order chi connectivity index (χ1) is 20.7. The van der Waals surface area contributed by atoms with E-state index in [1.54, 1.807) is 40.9 Å². The SMILES string of the molecule is CO[C@@H]1CSCC[C@H](C)N2C[C@H](O1)n1cc(C(=O)NCc3c(F)cc(F)cc3F)c(=O)c(OCc3ccccc3)c1C2=O. The van der Waals surface area contributed by atoms with Gasteiger partial charge in [-0.1, -0.05) is 30.3 Å². The number of pyridine rings is 1. The van der Waals surface area contributed by atoms with Gasteiger partial charge in [0, 0.05) is 49.3 Å². The fourth-order valence-electron chi connectivity index (χ4n) is 4.97. The number of hydrogen-bond acceptors (Lipinski definition) is 7. The number of methoxy groups -OCH3 is 1. The molecule has 3 aromatic rings. The number of halogens is 3. The molecule has 228 valence electrons. The van der Waals surface area contributed by atoms with Crippen molar-refractivity contribution in [3.63, 3.8) is 0 Å². The Hall–Kier alpha value is -3.81. The molecule has 1 fully saturated rings. The highest BCUT2D eigenvalue weighted by Crippen LogP contribution is 2.32.